The van der Waals surface area contributed by atoms with Gasteiger partial charge in [-0.1, -0.05) is 66.7 Å². The third-order valence-electron chi connectivity index (χ3n) is 9.40. The number of benzene rings is 2. The fourth-order valence-corrected chi connectivity index (χ4v) is 7.22. The minimum absolute atomic E-state index is 0.0201. The van der Waals surface area contributed by atoms with Crippen LogP contribution in [0.4, 0.5) is 4.79 Å². The number of ether oxygens (including phenoxy) is 3. The molecule has 1 saturated carbocycles. The van der Waals surface area contributed by atoms with E-state index in [4.69, 9.17) is 14.2 Å². The molecule has 2 aromatic rings. The van der Waals surface area contributed by atoms with Gasteiger partial charge in [0.25, 0.3) is 0 Å². The molecular formula is C37H44N4O7. The number of amides is 3. The van der Waals surface area contributed by atoms with Crippen molar-refractivity contribution >= 4 is 23.9 Å². The van der Waals surface area contributed by atoms with Crippen molar-refractivity contribution in [3.8, 4) is 0 Å². The maximum absolute atomic E-state index is 14.3. The lowest BCUT2D eigenvalue weighted by Crippen LogP contribution is -2.60. The van der Waals surface area contributed by atoms with Crippen molar-refractivity contribution in [3.63, 3.8) is 0 Å². The fourth-order valence-electron chi connectivity index (χ4n) is 7.22. The molecule has 4 aliphatic rings. The van der Waals surface area contributed by atoms with E-state index in [-0.39, 0.29) is 36.3 Å². The maximum Gasteiger partial charge on any atom is 0.408 e. The Hall–Kier alpha value is -4.64. The number of hydrogen-bond acceptors (Lipinski definition) is 8. The number of hydrogen-bond donors (Lipinski definition) is 2. The van der Waals surface area contributed by atoms with E-state index in [1.54, 1.807) is 32.6 Å². The number of nitrogens with one attached hydrogen (secondary N) is 2. The minimum Gasteiger partial charge on any atom is -0.459 e. The molecular weight excluding hydrogens is 612 g/mol. The summed E-state index contributed by atoms with van der Waals surface area (Å²) in [5.41, 5.74) is 1.82. The van der Waals surface area contributed by atoms with Crippen LogP contribution < -0.4 is 10.6 Å². The summed E-state index contributed by atoms with van der Waals surface area (Å²) in [6.07, 6.45) is 6.82. The molecule has 6 atom stereocenters. The Bertz CT molecular complexity index is 1590. The van der Waals surface area contributed by atoms with E-state index >= 15 is 0 Å². The molecule has 2 aromatic carbocycles. The van der Waals surface area contributed by atoms with Gasteiger partial charge in [0, 0.05) is 29.8 Å². The van der Waals surface area contributed by atoms with E-state index < -0.39 is 41.7 Å². The smallest absolute Gasteiger partial charge is 0.408 e. The van der Waals surface area contributed by atoms with E-state index in [1.807, 2.05) is 78.0 Å². The van der Waals surface area contributed by atoms with Gasteiger partial charge in [0.2, 0.25) is 11.8 Å². The molecule has 0 bridgehead atoms. The van der Waals surface area contributed by atoms with Gasteiger partial charge in [0.15, 0.2) is 0 Å². The summed E-state index contributed by atoms with van der Waals surface area (Å²) in [4.78, 5) is 57.5. The highest BCUT2D eigenvalue weighted by Crippen LogP contribution is 2.68. The molecule has 1 aliphatic carbocycles. The van der Waals surface area contributed by atoms with Crippen molar-refractivity contribution in [1.82, 2.24) is 20.4 Å². The van der Waals surface area contributed by atoms with Crippen LogP contribution in [0.1, 0.15) is 58.1 Å². The second-order valence-corrected chi connectivity index (χ2v) is 14.1. The summed E-state index contributed by atoms with van der Waals surface area (Å²) >= 11 is 0. The van der Waals surface area contributed by atoms with Gasteiger partial charge in [-0.2, -0.15) is 0 Å². The highest BCUT2D eigenvalue weighted by Gasteiger charge is 2.72. The molecule has 11 nitrogen and oxygen atoms in total. The van der Waals surface area contributed by atoms with E-state index in [1.165, 1.54) is 0 Å². The molecule has 1 spiro atoms. The van der Waals surface area contributed by atoms with Crippen LogP contribution in [-0.2, 0) is 41.8 Å². The lowest BCUT2D eigenvalue weighted by molar-refractivity contribution is -0.150. The predicted molar refractivity (Wildman–Crippen MR) is 176 cm³/mol. The zero-order valence-electron chi connectivity index (χ0n) is 27.9. The molecule has 254 valence electrons. The first kappa shape index (κ1) is 33.3. The van der Waals surface area contributed by atoms with E-state index in [0.717, 1.165) is 16.7 Å². The van der Waals surface area contributed by atoms with Crippen molar-refractivity contribution in [2.75, 3.05) is 6.73 Å². The number of esters is 1. The highest BCUT2D eigenvalue weighted by atomic mass is 16.6. The molecule has 3 aliphatic heterocycles. The fraction of sp³-hybridized carbons (Fsp3) is 0.459. The molecule has 3 amide bonds. The zero-order valence-corrected chi connectivity index (χ0v) is 27.9. The van der Waals surface area contributed by atoms with E-state index in [0.29, 0.717) is 26.2 Å². The first-order valence-corrected chi connectivity index (χ1v) is 16.6. The van der Waals surface area contributed by atoms with E-state index in [9.17, 15) is 19.2 Å². The van der Waals surface area contributed by atoms with Crippen molar-refractivity contribution in [3.05, 3.63) is 95.8 Å². The van der Waals surface area contributed by atoms with Gasteiger partial charge in [-0.25, -0.2) is 9.59 Å². The van der Waals surface area contributed by atoms with Crippen LogP contribution in [0.3, 0.4) is 0 Å². The van der Waals surface area contributed by atoms with Gasteiger partial charge in [-0.05, 0) is 63.7 Å². The predicted octanol–water partition coefficient (Wildman–Crippen LogP) is 4.39. The number of piperidine rings is 1. The van der Waals surface area contributed by atoms with Gasteiger partial charge in [0.1, 0.15) is 37.1 Å². The van der Waals surface area contributed by atoms with Gasteiger partial charge in [-0.15, -0.1) is 0 Å². The van der Waals surface area contributed by atoms with Crippen molar-refractivity contribution < 1.29 is 33.4 Å². The summed E-state index contributed by atoms with van der Waals surface area (Å²) in [5.74, 6) is -1.35. The maximum atomic E-state index is 14.3. The molecule has 6 unspecified atom stereocenters. The number of carbonyl (C=O) groups is 4. The quantitative estimate of drug-likeness (QED) is 0.361. The lowest BCUT2D eigenvalue weighted by atomic mass is 9.86. The van der Waals surface area contributed by atoms with Gasteiger partial charge < -0.3 is 34.6 Å². The monoisotopic (exact) mass is 656 g/mol. The topological polar surface area (TPSA) is 127 Å². The Morgan fingerprint density at radius 1 is 1.00 bits per heavy atom. The Morgan fingerprint density at radius 2 is 1.67 bits per heavy atom. The number of alkyl carbamates (subject to hydrolysis) is 1. The zero-order chi connectivity index (χ0) is 34.1. The summed E-state index contributed by atoms with van der Waals surface area (Å²) in [5, 5.41) is 5.58. The second-order valence-electron chi connectivity index (χ2n) is 14.1. The Morgan fingerprint density at radius 3 is 2.33 bits per heavy atom. The number of nitrogens with zero attached hydrogens (tertiary/aromatic N) is 2. The summed E-state index contributed by atoms with van der Waals surface area (Å²) in [7, 11) is 0. The standard InChI is InChI=1S/C37H44N4O7/c1-24(34(44)47-22-26-13-9-6-10-14-26)38-32(42)29-15-16-37-17-18-40(23-46-21-25-11-7-5-8-12-25)20-27-19-28(39-35(45)48-36(2,3)4)33(43)41(29)31(37)30(27)37/h5-14,17-18,20,24,28-31H,15-16,19,21-23H2,1-4H3,(H,38,42)(H,39,45). The summed E-state index contributed by atoms with van der Waals surface area (Å²) in [6.45, 7) is 7.71. The van der Waals surface area contributed by atoms with Gasteiger partial charge in [0.05, 0.1) is 6.61 Å². The first-order valence-electron chi connectivity index (χ1n) is 16.6. The van der Waals surface area contributed by atoms with Crippen LogP contribution in [-0.4, -0.2) is 70.2 Å². The minimum atomic E-state index is -0.941. The van der Waals surface area contributed by atoms with Crippen LogP contribution in [0.15, 0.2) is 84.7 Å². The van der Waals surface area contributed by atoms with Crippen LogP contribution in [0.25, 0.3) is 0 Å². The molecule has 48 heavy (non-hydrogen) atoms. The van der Waals surface area contributed by atoms with Crippen LogP contribution in [0.2, 0.25) is 0 Å². The summed E-state index contributed by atoms with van der Waals surface area (Å²) < 4.78 is 17.0. The highest BCUT2D eigenvalue weighted by molar-refractivity contribution is 5.94. The third-order valence-corrected chi connectivity index (χ3v) is 9.40. The van der Waals surface area contributed by atoms with Gasteiger partial charge in [-0.3, -0.25) is 9.59 Å². The van der Waals surface area contributed by atoms with Crippen molar-refractivity contribution in [2.45, 2.75) is 89.9 Å². The van der Waals surface area contributed by atoms with E-state index in [2.05, 4.69) is 16.7 Å². The lowest BCUT2D eigenvalue weighted by Gasteiger charge is -2.39. The molecule has 0 aromatic heterocycles. The average molecular weight is 657 g/mol. The molecule has 6 rings (SSSR count). The molecule has 11 heteroatoms. The van der Waals surface area contributed by atoms with Crippen LogP contribution >= 0.6 is 0 Å². The molecule has 3 fully saturated rings. The Balaban J connectivity index is 1.19. The SMILES string of the molecule is CC(NC(=O)C1CCC23C=CN(COCc4ccccc4)C=C4CC(NC(=O)OC(C)(C)C)C(=O)N1C2C43)C(=O)OCc1ccccc1. The van der Waals surface area contributed by atoms with Crippen LogP contribution in [0, 0.1) is 11.3 Å². The number of carbonyl (C=O) groups excluding carboxylic acids is 4. The van der Waals surface area contributed by atoms with Crippen molar-refractivity contribution in [2.24, 2.45) is 11.3 Å². The molecule has 2 saturated heterocycles. The first-order chi connectivity index (χ1) is 22.9. The third kappa shape index (κ3) is 7.11. The van der Waals surface area contributed by atoms with Crippen LogP contribution in [0.5, 0.6) is 0 Å². The average Bonchev–Trinajstić information content (AvgIpc) is 3.77. The van der Waals surface area contributed by atoms with Crippen molar-refractivity contribution in [1.29, 1.82) is 0 Å². The van der Waals surface area contributed by atoms with Gasteiger partial charge >= 0.3 is 12.1 Å². The largest absolute Gasteiger partial charge is 0.459 e. The summed E-state index contributed by atoms with van der Waals surface area (Å²) in [6, 6.07) is 16.3. The normalized spacial score (nSPS) is 26.2. The molecule has 0 radical (unpaired) electrons. The Labute approximate surface area is 281 Å². The molecule has 3 heterocycles. The molecule has 2 N–H and O–H groups in total. The Kier molecular flexibility index (Phi) is 9.33. The second kappa shape index (κ2) is 13.5. The number of rotatable bonds is 10.